The molecule has 1 N–H and O–H groups in total. The number of benzene rings is 2. The van der Waals surface area contributed by atoms with Gasteiger partial charge in [-0.3, -0.25) is 0 Å². The minimum absolute atomic E-state index is 0.153. The number of carbonyl (C=O) groups is 2. The first-order valence-corrected chi connectivity index (χ1v) is 8.72. The lowest BCUT2D eigenvalue weighted by molar-refractivity contribution is -0.147. The molecule has 0 aliphatic carbocycles. The third-order valence-corrected chi connectivity index (χ3v) is 3.72. The van der Waals surface area contributed by atoms with E-state index in [-0.39, 0.29) is 19.1 Å². The second-order valence-corrected chi connectivity index (χ2v) is 6.48. The first-order valence-electron chi connectivity index (χ1n) is 8.72. The van der Waals surface area contributed by atoms with Gasteiger partial charge in [0.25, 0.3) is 0 Å². The molecule has 0 bridgehead atoms. The number of alkyl carbamates (subject to hydrolysis) is 1. The van der Waals surface area contributed by atoms with E-state index in [9.17, 15) is 9.59 Å². The summed E-state index contributed by atoms with van der Waals surface area (Å²) in [5.74, 6) is -0.238. The van der Waals surface area contributed by atoms with Crippen LogP contribution in [-0.4, -0.2) is 18.1 Å². The highest BCUT2D eigenvalue weighted by Crippen LogP contribution is 2.09. The average molecular weight is 355 g/mol. The van der Waals surface area contributed by atoms with Crippen molar-refractivity contribution in [1.82, 2.24) is 5.32 Å². The van der Waals surface area contributed by atoms with Crippen molar-refractivity contribution in [2.45, 2.75) is 39.5 Å². The van der Waals surface area contributed by atoms with Crippen LogP contribution in [0.25, 0.3) is 0 Å². The number of hydrogen-bond donors (Lipinski definition) is 1. The Kier molecular flexibility index (Phi) is 7.68. The molecule has 5 heteroatoms. The van der Waals surface area contributed by atoms with E-state index in [1.165, 1.54) is 0 Å². The van der Waals surface area contributed by atoms with E-state index in [1.54, 1.807) is 0 Å². The molecule has 0 heterocycles. The van der Waals surface area contributed by atoms with Gasteiger partial charge in [0.15, 0.2) is 0 Å². The molecule has 5 nitrogen and oxygen atoms in total. The number of carbonyl (C=O) groups excluding carboxylic acids is 2. The summed E-state index contributed by atoms with van der Waals surface area (Å²) in [6, 6.07) is 18.1. The Morgan fingerprint density at radius 3 is 1.85 bits per heavy atom. The van der Waals surface area contributed by atoms with Gasteiger partial charge in [0.2, 0.25) is 0 Å². The Morgan fingerprint density at radius 2 is 1.35 bits per heavy atom. The van der Waals surface area contributed by atoms with Crippen molar-refractivity contribution in [3.8, 4) is 0 Å². The Labute approximate surface area is 154 Å². The molecule has 0 saturated heterocycles. The third kappa shape index (κ3) is 6.97. The van der Waals surface area contributed by atoms with Gasteiger partial charge >= 0.3 is 12.1 Å². The summed E-state index contributed by atoms with van der Waals surface area (Å²) in [4.78, 5) is 24.4. The maximum Gasteiger partial charge on any atom is 0.408 e. The van der Waals surface area contributed by atoms with Gasteiger partial charge in [-0.15, -0.1) is 0 Å². The monoisotopic (exact) mass is 355 g/mol. The smallest absolute Gasteiger partial charge is 0.408 e. The van der Waals surface area contributed by atoms with Gasteiger partial charge in [-0.05, 0) is 23.5 Å². The maximum atomic E-state index is 12.4. The molecule has 1 amide bonds. The summed E-state index contributed by atoms with van der Waals surface area (Å²) in [5.41, 5.74) is 1.78. The van der Waals surface area contributed by atoms with Crippen molar-refractivity contribution in [1.29, 1.82) is 0 Å². The zero-order valence-electron chi connectivity index (χ0n) is 15.2. The summed E-state index contributed by atoms with van der Waals surface area (Å²) in [6.45, 7) is 4.29. The van der Waals surface area contributed by atoms with Gasteiger partial charge < -0.3 is 14.8 Å². The number of hydrogen-bond acceptors (Lipinski definition) is 4. The van der Waals surface area contributed by atoms with Crippen LogP contribution < -0.4 is 5.32 Å². The molecular weight excluding hydrogens is 330 g/mol. The van der Waals surface area contributed by atoms with Crippen molar-refractivity contribution in [3.05, 3.63) is 71.8 Å². The van der Waals surface area contributed by atoms with Crippen LogP contribution in [0.3, 0.4) is 0 Å². The van der Waals surface area contributed by atoms with Crippen LogP contribution in [0.15, 0.2) is 60.7 Å². The number of esters is 1. The summed E-state index contributed by atoms with van der Waals surface area (Å²) < 4.78 is 10.5. The van der Waals surface area contributed by atoms with E-state index in [0.717, 1.165) is 11.1 Å². The topological polar surface area (TPSA) is 64.6 Å². The van der Waals surface area contributed by atoms with Crippen molar-refractivity contribution < 1.29 is 19.1 Å². The van der Waals surface area contributed by atoms with E-state index in [0.29, 0.717) is 6.42 Å². The lowest BCUT2D eigenvalue weighted by Gasteiger charge is -2.19. The molecule has 0 spiro atoms. The van der Waals surface area contributed by atoms with Gasteiger partial charge in [-0.25, -0.2) is 9.59 Å². The second kappa shape index (κ2) is 10.2. The molecule has 138 valence electrons. The van der Waals surface area contributed by atoms with Crippen LogP contribution in [0.4, 0.5) is 4.79 Å². The minimum atomic E-state index is -0.734. The summed E-state index contributed by atoms with van der Waals surface area (Å²) in [5, 5.41) is 2.62. The third-order valence-electron chi connectivity index (χ3n) is 3.72. The molecule has 0 saturated carbocycles. The van der Waals surface area contributed by atoms with Crippen molar-refractivity contribution in [2.75, 3.05) is 0 Å². The molecule has 0 aliphatic rings. The highest BCUT2D eigenvalue weighted by molar-refractivity contribution is 5.81. The van der Waals surface area contributed by atoms with E-state index >= 15 is 0 Å². The van der Waals surface area contributed by atoms with Gasteiger partial charge in [-0.2, -0.15) is 0 Å². The molecule has 0 radical (unpaired) electrons. The van der Waals surface area contributed by atoms with Gasteiger partial charge in [0, 0.05) is 0 Å². The van der Waals surface area contributed by atoms with Gasteiger partial charge in [0.1, 0.15) is 19.3 Å². The fraction of sp³-hybridized carbons (Fsp3) is 0.333. The number of rotatable bonds is 8. The molecule has 1 unspecified atom stereocenters. The van der Waals surface area contributed by atoms with Crippen LogP contribution in [0, 0.1) is 5.92 Å². The lowest BCUT2D eigenvalue weighted by Crippen LogP contribution is -2.42. The molecule has 1 atom stereocenters. The predicted octanol–water partition coefficient (Wildman–Crippen LogP) is 4.07. The van der Waals surface area contributed by atoms with Gasteiger partial charge in [0.05, 0.1) is 0 Å². The Bertz CT molecular complexity index is 686. The van der Waals surface area contributed by atoms with E-state index in [2.05, 4.69) is 5.32 Å². The van der Waals surface area contributed by atoms with E-state index in [4.69, 9.17) is 9.47 Å². The van der Waals surface area contributed by atoms with E-state index in [1.807, 2.05) is 74.5 Å². The molecule has 0 aliphatic heterocycles. The molecule has 2 aromatic rings. The Morgan fingerprint density at radius 1 is 0.846 bits per heavy atom. The number of nitrogens with one attached hydrogen (secondary N) is 1. The maximum absolute atomic E-state index is 12.4. The zero-order valence-corrected chi connectivity index (χ0v) is 15.2. The van der Waals surface area contributed by atoms with Crippen molar-refractivity contribution in [2.24, 2.45) is 5.92 Å². The number of amides is 1. The summed E-state index contributed by atoms with van der Waals surface area (Å²) in [6.07, 6.45) is -0.148. The molecule has 0 fully saturated rings. The molecule has 0 aromatic heterocycles. The zero-order chi connectivity index (χ0) is 18.8. The Hall–Kier alpha value is -2.82. The fourth-order valence-corrected chi connectivity index (χ4v) is 2.42. The second-order valence-electron chi connectivity index (χ2n) is 6.48. The Balaban J connectivity index is 1.86. The predicted molar refractivity (Wildman–Crippen MR) is 99.2 cm³/mol. The fourth-order valence-electron chi connectivity index (χ4n) is 2.42. The number of ether oxygens (including phenoxy) is 2. The highest BCUT2D eigenvalue weighted by atomic mass is 16.6. The van der Waals surface area contributed by atoms with Gasteiger partial charge in [-0.1, -0.05) is 74.5 Å². The van der Waals surface area contributed by atoms with Crippen molar-refractivity contribution in [3.63, 3.8) is 0 Å². The van der Waals surface area contributed by atoms with Crippen LogP contribution in [0.1, 0.15) is 31.4 Å². The molecular formula is C21H25NO4. The molecule has 2 rings (SSSR count). The van der Waals surface area contributed by atoms with Crippen LogP contribution in [0.2, 0.25) is 0 Å². The highest BCUT2D eigenvalue weighted by Gasteiger charge is 2.24. The standard InChI is InChI=1S/C21H25NO4/c1-16(2)13-19(20(23)25-14-17-9-5-3-6-10-17)22-21(24)26-15-18-11-7-4-8-12-18/h3-12,16,19H,13-15H2,1-2H3,(H,22,24). The summed E-state index contributed by atoms with van der Waals surface area (Å²) >= 11 is 0. The van der Waals surface area contributed by atoms with Crippen LogP contribution in [0.5, 0.6) is 0 Å². The largest absolute Gasteiger partial charge is 0.459 e. The van der Waals surface area contributed by atoms with Crippen molar-refractivity contribution >= 4 is 12.1 Å². The molecule has 2 aromatic carbocycles. The lowest BCUT2D eigenvalue weighted by atomic mass is 10.0. The molecule has 26 heavy (non-hydrogen) atoms. The van der Waals surface area contributed by atoms with Crippen LogP contribution in [-0.2, 0) is 27.5 Å². The summed E-state index contributed by atoms with van der Waals surface area (Å²) in [7, 11) is 0. The quantitative estimate of drug-likeness (QED) is 0.725. The first-order chi connectivity index (χ1) is 12.5. The minimum Gasteiger partial charge on any atom is -0.459 e. The normalized spacial score (nSPS) is 11.7. The van der Waals surface area contributed by atoms with Crippen LogP contribution >= 0.6 is 0 Å². The van der Waals surface area contributed by atoms with E-state index < -0.39 is 18.1 Å². The average Bonchev–Trinajstić information content (AvgIpc) is 2.65. The first kappa shape index (κ1) is 19.5. The SMILES string of the molecule is CC(C)CC(NC(=O)OCc1ccccc1)C(=O)OCc1ccccc1.